The molecule has 36 heavy (non-hydrogen) atoms. The number of nitrogens with zero attached hydrogens (tertiary/aromatic N) is 4. The van der Waals surface area contributed by atoms with Crippen molar-refractivity contribution in [1.29, 1.82) is 0 Å². The van der Waals surface area contributed by atoms with E-state index in [2.05, 4.69) is 70.3 Å². The lowest BCUT2D eigenvalue weighted by Gasteiger charge is -2.52. The van der Waals surface area contributed by atoms with Gasteiger partial charge in [0.05, 0.1) is 32.3 Å². The molecule has 0 saturated carbocycles. The molecule has 11 nitrogen and oxygen atoms in total. The van der Waals surface area contributed by atoms with Crippen molar-refractivity contribution in [3.63, 3.8) is 0 Å². The van der Waals surface area contributed by atoms with Crippen LogP contribution in [0.4, 0.5) is 5.82 Å². The van der Waals surface area contributed by atoms with Crippen molar-refractivity contribution in [2.24, 2.45) is 0 Å². The molecule has 13 heteroatoms. The third-order valence-corrected chi connectivity index (χ3v) is 17.4. The standard InChI is InChI=1S/C23H43N5O6Si2/c1-14(2)35(15(3)4)31-11-19(18(9-29)33-36(34-35,16(5)6)17(7)8)32-20(10-30)28-13-27-21-22(24)25-12-26-23(21)28/h12-20,29-30H,9-11H2,1-8H3,(H2,24,25,26)/t18-,19-,20-/m1/s1. The Bertz CT molecular complexity index is 989. The molecule has 0 aromatic carbocycles. The highest BCUT2D eigenvalue weighted by molar-refractivity contribution is 6.83. The first kappa shape index (κ1) is 29.1. The van der Waals surface area contributed by atoms with Gasteiger partial charge in [0.15, 0.2) is 17.7 Å². The molecule has 0 aliphatic carbocycles. The first-order valence-corrected chi connectivity index (χ1v) is 16.7. The minimum atomic E-state index is -2.91. The monoisotopic (exact) mass is 541 g/mol. The Morgan fingerprint density at radius 1 is 1.00 bits per heavy atom. The molecule has 1 saturated heterocycles. The third-order valence-electron chi connectivity index (χ3n) is 7.13. The largest absolute Gasteiger partial charge is 0.414 e. The van der Waals surface area contributed by atoms with E-state index in [9.17, 15) is 10.2 Å². The smallest absolute Gasteiger partial charge is 0.335 e. The topological polar surface area (TPSA) is 147 Å². The normalized spacial score (nSPS) is 23.5. The van der Waals surface area contributed by atoms with Crippen LogP contribution in [-0.4, -0.2) is 78.9 Å². The molecule has 4 N–H and O–H groups in total. The van der Waals surface area contributed by atoms with Gasteiger partial charge in [-0.1, -0.05) is 55.4 Å². The lowest BCUT2D eigenvalue weighted by Crippen LogP contribution is -2.66. The predicted molar refractivity (Wildman–Crippen MR) is 142 cm³/mol. The number of aliphatic hydroxyl groups is 2. The SMILES string of the molecule is CC(C)[Si]1(C(C)C)OC[C@@H](O[C@H](CO)n2cnc3c(N)ncnc32)[C@@H](CO)O[Si](C(C)C)(C(C)C)O1. The fourth-order valence-electron chi connectivity index (χ4n) is 5.11. The number of nitrogens with two attached hydrogens (primary N) is 1. The van der Waals surface area contributed by atoms with Crippen LogP contribution in [0.5, 0.6) is 0 Å². The summed E-state index contributed by atoms with van der Waals surface area (Å²) in [7, 11) is -5.69. The maximum absolute atomic E-state index is 10.4. The molecule has 0 amide bonds. The molecule has 3 atom stereocenters. The molecule has 204 valence electrons. The van der Waals surface area contributed by atoms with Crippen molar-refractivity contribution in [2.45, 2.75) is 96.0 Å². The van der Waals surface area contributed by atoms with Gasteiger partial charge in [0.2, 0.25) is 0 Å². The molecule has 3 heterocycles. The zero-order chi connectivity index (χ0) is 26.8. The third kappa shape index (κ3) is 5.25. The highest BCUT2D eigenvalue weighted by Gasteiger charge is 2.59. The van der Waals surface area contributed by atoms with Gasteiger partial charge in [-0.05, 0) is 22.2 Å². The molecule has 2 aromatic heterocycles. The number of aliphatic hydroxyl groups excluding tert-OH is 2. The van der Waals surface area contributed by atoms with Crippen LogP contribution in [0.25, 0.3) is 11.2 Å². The second-order valence-corrected chi connectivity index (χ2v) is 19.6. The Balaban J connectivity index is 2.05. The number of imidazole rings is 1. The molecule has 0 radical (unpaired) electrons. The van der Waals surface area contributed by atoms with Crippen molar-refractivity contribution in [2.75, 3.05) is 25.6 Å². The van der Waals surface area contributed by atoms with Crippen LogP contribution in [0.1, 0.15) is 61.6 Å². The van der Waals surface area contributed by atoms with Crippen LogP contribution in [0.2, 0.25) is 22.2 Å². The van der Waals surface area contributed by atoms with E-state index in [1.165, 1.54) is 12.7 Å². The number of hydrogen-bond acceptors (Lipinski definition) is 10. The van der Waals surface area contributed by atoms with Gasteiger partial charge in [0, 0.05) is 0 Å². The summed E-state index contributed by atoms with van der Waals surface area (Å²) in [4.78, 5) is 12.5. The Morgan fingerprint density at radius 3 is 2.14 bits per heavy atom. The summed E-state index contributed by atoms with van der Waals surface area (Å²) in [6.07, 6.45) is 0.647. The lowest BCUT2D eigenvalue weighted by atomic mass is 10.2. The quantitative estimate of drug-likeness (QED) is 0.404. The fourth-order valence-corrected chi connectivity index (χ4v) is 16.3. The summed E-state index contributed by atoms with van der Waals surface area (Å²) < 4.78 is 28.8. The molecule has 0 unspecified atom stereocenters. The van der Waals surface area contributed by atoms with Crippen LogP contribution in [0.3, 0.4) is 0 Å². The highest BCUT2D eigenvalue weighted by atomic mass is 28.5. The van der Waals surface area contributed by atoms with Crippen molar-refractivity contribution >= 4 is 34.1 Å². The predicted octanol–water partition coefficient (Wildman–Crippen LogP) is 3.23. The van der Waals surface area contributed by atoms with Gasteiger partial charge in [-0.25, -0.2) is 15.0 Å². The maximum Gasteiger partial charge on any atom is 0.335 e. The first-order valence-electron chi connectivity index (χ1n) is 12.8. The average Bonchev–Trinajstić information content (AvgIpc) is 3.24. The Kier molecular flexibility index (Phi) is 9.31. The molecule has 0 spiro atoms. The lowest BCUT2D eigenvalue weighted by molar-refractivity contribution is -0.148. The summed E-state index contributed by atoms with van der Waals surface area (Å²) in [6, 6.07) is 0. The van der Waals surface area contributed by atoms with E-state index in [1.807, 2.05) is 0 Å². The molecule has 0 bridgehead atoms. The Hall–Kier alpha value is -1.46. The zero-order valence-corrected chi connectivity index (χ0v) is 24.7. The number of aromatic nitrogens is 4. The molecule has 1 aliphatic heterocycles. The average molecular weight is 542 g/mol. The minimum absolute atomic E-state index is 0.115. The van der Waals surface area contributed by atoms with E-state index in [-0.39, 0.29) is 47.8 Å². The molecule has 1 aliphatic rings. The Labute approximate surface area is 215 Å². The van der Waals surface area contributed by atoms with Crippen molar-refractivity contribution in [1.82, 2.24) is 19.5 Å². The molecular formula is C23H43N5O6Si2. The van der Waals surface area contributed by atoms with Crippen molar-refractivity contribution in [3.8, 4) is 0 Å². The van der Waals surface area contributed by atoms with E-state index in [0.29, 0.717) is 11.2 Å². The first-order chi connectivity index (χ1) is 16.9. The number of hydrogen-bond donors (Lipinski definition) is 3. The summed E-state index contributed by atoms with van der Waals surface area (Å²) in [5.41, 5.74) is 7.38. The van der Waals surface area contributed by atoms with E-state index in [1.54, 1.807) is 4.57 Å². The molecule has 3 rings (SSSR count). The van der Waals surface area contributed by atoms with Gasteiger partial charge in [-0.2, -0.15) is 0 Å². The molecule has 1 fully saturated rings. The summed E-state index contributed by atoms with van der Waals surface area (Å²) in [5.74, 6) is 0.243. The van der Waals surface area contributed by atoms with Crippen LogP contribution < -0.4 is 5.73 Å². The zero-order valence-electron chi connectivity index (χ0n) is 22.7. The van der Waals surface area contributed by atoms with E-state index >= 15 is 0 Å². The molecule has 2 aromatic rings. The van der Waals surface area contributed by atoms with Crippen molar-refractivity contribution in [3.05, 3.63) is 12.7 Å². The second-order valence-electron chi connectivity index (χ2n) is 10.7. The number of anilines is 1. The van der Waals surface area contributed by atoms with Gasteiger partial charge >= 0.3 is 17.1 Å². The summed E-state index contributed by atoms with van der Waals surface area (Å²) >= 11 is 0. The minimum Gasteiger partial charge on any atom is -0.414 e. The number of fused-ring (bicyclic) bond motifs is 1. The number of ether oxygens (including phenoxy) is 1. The maximum atomic E-state index is 10.4. The van der Waals surface area contributed by atoms with Crippen molar-refractivity contribution < 1.29 is 27.9 Å². The van der Waals surface area contributed by atoms with Gasteiger partial charge in [-0.3, -0.25) is 4.57 Å². The highest BCUT2D eigenvalue weighted by Crippen LogP contribution is 2.46. The van der Waals surface area contributed by atoms with Gasteiger partial charge < -0.3 is 33.7 Å². The number of nitrogen functional groups attached to an aromatic ring is 1. The summed E-state index contributed by atoms with van der Waals surface area (Å²) in [5, 5.41) is 20.7. The van der Waals surface area contributed by atoms with Crippen LogP contribution in [0.15, 0.2) is 12.7 Å². The van der Waals surface area contributed by atoms with Gasteiger partial charge in [-0.15, -0.1) is 0 Å². The van der Waals surface area contributed by atoms with E-state index < -0.39 is 35.6 Å². The van der Waals surface area contributed by atoms with E-state index in [0.717, 1.165) is 0 Å². The fraction of sp³-hybridized carbons (Fsp3) is 0.783. The number of rotatable bonds is 9. The Morgan fingerprint density at radius 2 is 1.61 bits per heavy atom. The van der Waals surface area contributed by atoms with Crippen LogP contribution >= 0.6 is 0 Å². The van der Waals surface area contributed by atoms with E-state index in [4.69, 9.17) is 23.4 Å². The summed E-state index contributed by atoms with van der Waals surface area (Å²) in [6.45, 7) is 16.6. The van der Waals surface area contributed by atoms with Gasteiger partial charge in [0.1, 0.15) is 17.9 Å². The van der Waals surface area contributed by atoms with Crippen LogP contribution in [-0.2, 0) is 17.7 Å². The van der Waals surface area contributed by atoms with Crippen LogP contribution in [0, 0.1) is 0 Å². The second kappa shape index (κ2) is 11.5. The van der Waals surface area contributed by atoms with Gasteiger partial charge in [0.25, 0.3) is 0 Å². The molecular weight excluding hydrogens is 498 g/mol.